The van der Waals surface area contributed by atoms with Gasteiger partial charge in [0.25, 0.3) is 0 Å². The summed E-state index contributed by atoms with van der Waals surface area (Å²) in [5, 5.41) is 0. The summed E-state index contributed by atoms with van der Waals surface area (Å²) in [7, 11) is 0. The Morgan fingerprint density at radius 3 is 2.56 bits per heavy atom. The molecule has 0 aliphatic heterocycles. The maximum Gasteiger partial charge on any atom is 0.126 e. The Bertz CT molecular complexity index is 348. The number of imidazole rings is 1. The molecule has 3 nitrogen and oxygen atoms in total. The number of nitrogens with zero attached hydrogens (tertiary/aromatic N) is 2. The average Bonchev–Trinajstić information content (AvgIpc) is 2.89. The first kappa shape index (κ1) is 11.5. The maximum absolute atomic E-state index is 6.17. The van der Waals surface area contributed by atoms with Crippen molar-refractivity contribution in [1.82, 2.24) is 9.55 Å². The van der Waals surface area contributed by atoms with Crippen LogP contribution in [0.5, 0.6) is 0 Å². The molecule has 0 saturated heterocycles. The number of nitrogen functional groups attached to an aromatic ring is 1. The fourth-order valence-corrected chi connectivity index (χ4v) is 2.75. The summed E-state index contributed by atoms with van der Waals surface area (Å²) >= 11 is 0. The highest BCUT2D eigenvalue weighted by Gasteiger charge is 2.24. The lowest BCUT2D eigenvalue weighted by Gasteiger charge is -2.12. The lowest BCUT2D eigenvalue weighted by Crippen LogP contribution is -2.09. The SMILES string of the molecule is CCCn1c(C2CCCC2)nc(CC)c1N. The van der Waals surface area contributed by atoms with Crippen molar-refractivity contribution < 1.29 is 0 Å². The molecule has 1 aromatic rings. The predicted octanol–water partition coefficient (Wildman–Crippen LogP) is 3.10. The largest absolute Gasteiger partial charge is 0.384 e. The van der Waals surface area contributed by atoms with Crippen molar-refractivity contribution in [2.75, 3.05) is 5.73 Å². The molecule has 1 aromatic heterocycles. The molecule has 3 heteroatoms. The van der Waals surface area contributed by atoms with Crippen molar-refractivity contribution in [2.24, 2.45) is 0 Å². The van der Waals surface area contributed by atoms with Crippen LogP contribution in [0, 0.1) is 0 Å². The van der Waals surface area contributed by atoms with E-state index in [2.05, 4.69) is 18.4 Å². The summed E-state index contributed by atoms with van der Waals surface area (Å²) in [6.07, 6.45) is 7.37. The lowest BCUT2D eigenvalue weighted by atomic mass is 10.1. The van der Waals surface area contributed by atoms with Crippen molar-refractivity contribution >= 4 is 5.82 Å². The molecule has 1 aliphatic carbocycles. The molecule has 1 aliphatic rings. The van der Waals surface area contributed by atoms with E-state index >= 15 is 0 Å². The number of anilines is 1. The summed E-state index contributed by atoms with van der Waals surface area (Å²) in [6, 6.07) is 0. The Labute approximate surface area is 98.1 Å². The molecule has 90 valence electrons. The summed E-state index contributed by atoms with van der Waals surface area (Å²) in [5.41, 5.74) is 7.26. The smallest absolute Gasteiger partial charge is 0.126 e. The van der Waals surface area contributed by atoms with E-state index < -0.39 is 0 Å². The molecule has 2 N–H and O–H groups in total. The number of hydrogen-bond acceptors (Lipinski definition) is 2. The predicted molar refractivity (Wildman–Crippen MR) is 67.5 cm³/mol. The van der Waals surface area contributed by atoms with Gasteiger partial charge in [-0.15, -0.1) is 0 Å². The molecule has 2 rings (SSSR count). The van der Waals surface area contributed by atoms with Crippen LogP contribution >= 0.6 is 0 Å². The van der Waals surface area contributed by atoms with Gasteiger partial charge in [-0.25, -0.2) is 4.98 Å². The Kier molecular flexibility index (Phi) is 3.52. The molecule has 0 spiro atoms. The molecule has 1 heterocycles. The number of aromatic nitrogens is 2. The Hall–Kier alpha value is -0.990. The Morgan fingerprint density at radius 2 is 2.00 bits per heavy atom. The highest BCUT2D eigenvalue weighted by molar-refractivity contribution is 5.39. The molecule has 16 heavy (non-hydrogen) atoms. The Morgan fingerprint density at radius 1 is 1.31 bits per heavy atom. The van der Waals surface area contributed by atoms with Crippen molar-refractivity contribution in [2.45, 2.75) is 64.8 Å². The van der Waals surface area contributed by atoms with E-state index in [4.69, 9.17) is 10.7 Å². The molecule has 0 bridgehead atoms. The van der Waals surface area contributed by atoms with E-state index in [-0.39, 0.29) is 0 Å². The van der Waals surface area contributed by atoms with Crippen LogP contribution in [-0.2, 0) is 13.0 Å². The topological polar surface area (TPSA) is 43.8 Å². The third kappa shape index (κ3) is 1.95. The zero-order chi connectivity index (χ0) is 11.5. The van der Waals surface area contributed by atoms with Crippen molar-refractivity contribution in [3.8, 4) is 0 Å². The molecule has 1 fully saturated rings. The maximum atomic E-state index is 6.17. The molecule has 0 aromatic carbocycles. The van der Waals surface area contributed by atoms with Crippen LogP contribution in [0.3, 0.4) is 0 Å². The second kappa shape index (κ2) is 4.89. The molecule has 0 atom stereocenters. The van der Waals surface area contributed by atoms with Gasteiger partial charge in [0.15, 0.2) is 0 Å². The van der Waals surface area contributed by atoms with Crippen LogP contribution in [0.4, 0.5) is 5.82 Å². The van der Waals surface area contributed by atoms with Crippen LogP contribution in [0.25, 0.3) is 0 Å². The quantitative estimate of drug-likeness (QED) is 0.849. The molecule has 0 radical (unpaired) electrons. The fourth-order valence-electron chi connectivity index (χ4n) is 2.75. The highest BCUT2D eigenvalue weighted by atomic mass is 15.1. The minimum Gasteiger partial charge on any atom is -0.384 e. The highest BCUT2D eigenvalue weighted by Crippen LogP contribution is 2.35. The minimum absolute atomic E-state index is 0.661. The van der Waals surface area contributed by atoms with Crippen LogP contribution in [0.1, 0.15) is 63.4 Å². The summed E-state index contributed by atoms with van der Waals surface area (Å²) in [5.74, 6) is 2.83. The van der Waals surface area contributed by atoms with E-state index in [0.29, 0.717) is 5.92 Å². The molecule has 0 amide bonds. The van der Waals surface area contributed by atoms with Gasteiger partial charge < -0.3 is 10.3 Å². The van der Waals surface area contributed by atoms with Gasteiger partial charge in [-0.1, -0.05) is 26.7 Å². The van der Waals surface area contributed by atoms with Crippen molar-refractivity contribution in [3.05, 3.63) is 11.5 Å². The summed E-state index contributed by atoms with van der Waals surface area (Å²) < 4.78 is 2.26. The fraction of sp³-hybridized carbons (Fsp3) is 0.769. The van der Waals surface area contributed by atoms with Gasteiger partial charge in [-0.3, -0.25) is 0 Å². The zero-order valence-corrected chi connectivity index (χ0v) is 10.5. The van der Waals surface area contributed by atoms with Crippen molar-refractivity contribution in [1.29, 1.82) is 0 Å². The second-order valence-electron chi connectivity index (χ2n) is 4.79. The molecular weight excluding hydrogens is 198 g/mol. The zero-order valence-electron chi connectivity index (χ0n) is 10.5. The second-order valence-corrected chi connectivity index (χ2v) is 4.79. The van der Waals surface area contributed by atoms with Gasteiger partial charge in [0.2, 0.25) is 0 Å². The van der Waals surface area contributed by atoms with Crippen LogP contribution in [0.15, 0.2) is 0 Å². The normalized spacial score (nSPS) is 17.1. The standard InChI is InChI=1S/C13H23N3/c1-3-9-16-12(14)11(4-2)15-13(16)10-7-5-6-8-10/h10H,3-9,14H2,1-2H3. The third-order valence-corrected chi connectivity index (χ3v) is 3.61. The number of hydrogen-bond donors (Lipinski definition) is 1. The molecule has 0 unspecified atom stereocenters. The van der Waals surface area contributed by atoms with E-state index in [0.717, 1.165) is 30.9 Å². The van der Waals surface area contributed by atoms with Crippen LogP contribution in [0.2, 0.25) is 0 Å². The van der Waals surface area contributed by atoms with E-state index in [1.54, 1.807) is 0 Å². The van der Waals surface area contributed by atoms with E-state index in [1.807, 2.05) is 0 Å². The number of aryl methyl sites for hydroxylation is 1. The van der Waals surface area contributed by atoms with Gasteiger partial charge in [0.05, 0.1) is 5.69 Å². The number of nitrogens with two attached hydrogens (primary N) is 1. The first-order chi connectivity index (χ1) is 7.77. The Balaban J connectivity index is 2.33. The minimum atomic E-state index is 0.661. The molecular formula is C13H23N3. The van der Waals surface area contributed by atoms with E-state index in [1.165, 1.54) is 31.5 Å². The monoisotopic (exact) mass is 221 g/mol. The van der Waals surface area contributed by atoms with Crippen molar-refractivity contribution in [3.63, 3.8) is 0 Å². The van der Waals surface area contributed by atoms with Gasteiger partial charge in [-0.2, -0.15) is 0 Å². The first-order valence-corrected chi connectivity index (χ1v) is 6.62. The molecule has 1 saturated carbocycles. The average molecular weight is 221 g/mol. The van der Waals surface area contributed by atoms with Gasteiger partial charge in [0.1, 0.15) is 11.6 Å². The summed E-state index contributed by atoms with van der Waals surface area (Å²) in [4.78, 5) is 4.77. The van der Waals surface area contributed by atoms with Crippen LogP contribution < -0.4 is 5.73 Å². The first-order valence-electron chi connectivity index (χ1n) is 6.62. The number of rotatable bonds is 4. The van der Waals surface area contributed by atoms with Gasteiger partial charge in [-0.05, 0) is 25.7 Å². The van der Waals surface area contributed by atoms with Gasteiger partial charge in [0, 0.05) is 12.5 Å². The lowest BCUT2D eigenvalue weighted by molar-refractivity contribution is 0.579. The third-order valence-electron chi connectivity index (χ3n) is 3.61. The van der Waals surface area contributed by atoms with Crippen LogP contribution in [-0.4, -0.2) is 9.55 Å². The summed E-state index contributed by atoms with van der Waals surface area (Å²) in [6.45, 7) is 5.35. The van der Waals surface area contributed by atoms with Gasteiger partial charge >= 0.3 is 0 Å². The van der Waals surface area contributed by atoms with E-state index in [9.17, 15) is 0 Å².